The summed E-state index contributed by atoms with van der Waals surface area (Å²) >= 11 is 0. The Morgan fingerprint density at radius 1 is 1.65 bits per heavy atom. The largest absolute Gasteiger partial charge is 0.456 e. The van der Waals surface area contributed by atoms with E-state index in [2.05, 4.69) is 6.08 Å². The monoisotopic (exact) mass is 237 g/mol. The molecule has 4 heteroatoms. The summed E-state index contributed by atoms with van der Waals surface area (Å²) in [5.41, 5.74) is 1.55. The van der Waals surface area contributed by atoms with Crippen molar-refractivity contribution in [3.8, 4) is 0 Å². The van der Waals surface area contributed by atoms with E-state index < -0.39 is 6.23 Å². The number of carbonyl (C=O) groups excluding carboxylic acids is 1. The number of hydrogen-bond acceptors (Lipinski definition) is 4. The molecule has 0 aromatic heterocycles. The van der Waals surface area contributed by atoms with Crippen LogP contribution in [0, 0.1) is 0 Å². The molecule has 0 aliphatic carbocycles. The zero-order chi connectivity index (χ0) is 12.4. The molecule has 1 N–H and O–H groups in total. The molecule has 0 unspecified atom stereocenters. The van der Waals surface area contributed by atoms with Crippen molar-refractivity contribution in [2.45, 2.75) is 45.4 Å². The molecule has 0 aromatic rings. The van der Waals surface area contributed by atoms with Crippen LogP contribution < -0.4 is 0 Å². The van der Waals surface area contributed by atoms with E-state index in [0.29, 0.717) is 11.6 Å². The first-order valence-electron chi connectivity index (χ1n) is 6.09. The summed E-state index contributed by atoms with van der Waals surface area (Å²) in [4.78, 5) is 13.5. The molecule has 0 aromatic carbocycles. The lowest BCUT2D eigenvalue weighted by molar-refractivity contribution is -0.138. The Labute approximate surface area is 102 Å². The highest BCUT2D eigenvalue weighted by Crippen LogP contribution is 2.34. The van der Waals surface area contributed by atoms with Gasteiger partial charge in [0.1, 0.15) is 12.8 Å². The predicted molar refractivity (Wildman–Crippen MR) is 64.0 cm³/mol. The second-order valence-corrected chi connectivity index (χ2v) is 4.60. The molecule has 0 saturated carbocycles. The first kappa shape index (κ1) is 12.2. The van der Waals surface area contributed by atoms with Gasteiger partial charge in [0.05, 0.1) is 0 Å². The highest BCUT2D eigenvalue weighted by Gasteiger charge is 2.36. The van der Waals surface area contributed by atoms with Gasteiger partial charge in [-0.05, 0) is 33.1 Å². The number of rotatable bonds is 3. The molecule has 0 amide bonds. The smallest absolute Gasteiger partial charge is 0.333 e. The van der Waals surface area contributed by atoms with Crippen molar-refractivity contribution in [1.82, 2.24) is 4.90 Å². The van der Waals surface area contributed by atoms with E-state index >= 15 is 0 Å². The Balaban J connectivity index is 1.90. The highest BCUT2D eigenvalue weighted by molar-refractivity contribution is 5.87. The molecule has 2 aliphatic heterocycles. The minimum Gasteiger partial charge on any atom is -0.456 e. The topological polar surface area (TPSA) is 49.8 Å². The number of aliphatic hydroxyl groups is 1. The van der Waals surface area contributed by atoms with Gasteiger partial charge in [-0.25, -0.2) is 4.79 Å². The minimum absolute atomic E-state index is 0.261. The number of nitrogens with zero attached hydrogens (tertiary/aromatic N) is 1. The number of fused-ring (bicyclic) bond motifs is 1. The Bertz CT molecular complexity index is 373. The summed E-state index contributed by atoms with van der Waals surface area (Å²) in [7, 11) is 0. The Morgan fingerprint density at radius 2 is 2.41 bits per heavy atom. The molecule has 0 bridgehead atoms. The third-order valence-electron chi connectivity index (χ3n) is 3.54. The van der Waals surface area contributed by atoms with E-state index in [1.165, 1.54) is 0 Å². The zero-order valence-corrected chi connectivity index (χ0v) is 10.3. The maximum atomic E-state index is 11.5. The number of hydrogen-bond donors (Lipinski definition) is 1. The SMILES string of the molecule is C/C=C(\C)C(=O)OCC1=CC[C@@H]2CC[C@@H](O)N12. The maximum absolute atomic E-state index is 11.5. The van der Waals surface area contributed by atoms with Crippen LogP contribution in [0.1, 0.15) is 33.1 Å². The van der Waals surface area contributed by atoms with Crippen LogP contribution in [0.15, 0.2) is 23.4 Å². The van der Waals surface area contributed by atoms with E-state index in [-0.39, 0.29) is 12.6 Å². The number of carbonyl (C=O) groups is 1. The van der Waals surface area contributed by atoms with Gasteiger partial charge >= 0.3 is 5.97 Å². The van der Waals surface area contributed by atoms with Gasteiger partial charge in [-0.3, -0.25) is 0 Å². The van der Waals surface area contributed by atoms with Gasteiger partial charge in [0, 0.05) is 17.3 Å². The lowest BCUT2D eigenvalue weighted by Gasteiger charge is -2.26. The third-order valence-corrected chi connectivity index (χ3v) is 3.54. The molecule has 17 heavy (non-hydrogen) atoms. The Morgan fingerprint density at radius 3 is 3.12 bits per heavy atom. The maximum Gasteiger partial charge on any atom is 0.333 e. The molecule has 2 aliphatic rings. The molecular weight excluding hydrogens is 218 g/mol. The van der Waals surface area contributed by atoms with Gasteiger partial charge in [-0.15, -0.1) is 0 Å². The first-order chi connectivity index (χ1) is 8.13. The second-order valence-electron chi connectivity index (χ2n) is 4.60. The standard InChI is InChI=1S/C13H19NO3/c1-3-9(2)13(16)17-8-11-5-4-10-6-7-12(15)14(10)11/h3,5,10,12,15H,4,6-8H2,1-2H3/b9-3+/t10-,12-/m1/s1. The van der Waals surface area contributed by atoms with Gasteiger partial charge < -0.3 is 14.7 Å². The van der Waals surface area contributed by atoms with Gasteiger partial charge in [0.2, 0.25) is 0 Å². The molecule has 94 valence electrons. The zero-order valence-electron chi connectivity index (χ0n) is 10.3. The van der Waals surface area contributed by atoms with Crippen LogP contribution in [-0.4, -0.2) is 34.9 Å². The van der Waals surface area contributed by atoms with Gasteiger partial charge in [0.25, 0.3) is 0 Å². The fourth-order valence-corrected chi connectivity index (χ4v) is 2.40. The number of ether oxygens (including phenoxy) is 1. The van der Waals surface area contributed by atoms with Crippen LogP contribution in [-0.2, 0) is 9.53 Å². The first-order valence-corrected chi connectivity index (χ1v) is 6.09. The lowest BCUT2D eigenvalue weighted by Crippen LogP contribution is -2.33. The summed E-state index contributed by atoms with van der Waals surface area (Å²) in [6.07, 6.45) is 6.17. The van der Waals surface area contributed by atoms with Crippen LogP contribution in [0.5, 0.6) is 0 Å². The fourth-order valence-electron chi connectivity index (χ4n) is 2.40. The molecular formula is C13H19NO3. The van der Waals surface area contributed by atoms with Gasteiger partial charge in [0.15, 0.2) is 0 Å². The predicted octanol–water partition coefficient (Wildman–Crippen LogP) is 1.57. The van der Waals surface area contributed by atoms with E-state index in [1.807, 2.05) is 11.8 Å². The van der Waals surface area contributed by atoms with E-state index in [1.54, 1.807) is 13.0 Å². The number of esters is 1. The molecule has 1 fully saturated rings. The molecule has 2 heterocycles. The Kier molecular flexibility index (Phi) is 3.52. The number of aliphatic hydroxyl groups excluding tert-OH is 1. The van der Waals surface area contributed by atoms with Crippen LogP contribution in [0.3, 0.4) is 0 Å². The van der Waals surface area contributed by atoms with Crippen molar-refractivity contribution in [3.05, 3.63) is 23.4 Å². The average Bonchev–Trinajstić information content (AvgIpc) is 2.89. The second kappa shape index (κ2) is 4.92. The van der Waals surface area contributed by atoms with E-state index in [9.17, 15) is 9.90 Å². The van der Waals surface area contributed by atoms with Crippen LogP contribution in [0.2, 0.25) is 0 Å². The molecule has 4 nitrogen and oxygen atoms in total. The average molecular weight is 237 g/mol. The van der Waals surface area contributed by atoms with Crippen molar-refractivity contribution in [1.29, 1.82) is 0 Å². The van der Waals surface area contributed by atoms with Crippen molar-refractivity contribution in [3.63, 3.8) is 0 Å². The normalized spacial score (nSPS) is 28.1. The fraction of sp³-hybridized carbons (Fsp3) is 0.615. The lowest BCUT2D eigenvalue weighted by atomic mass is 10.2. The van der Waals surface area contributed by atoms with E-state index in [0.717, 1.165) is 25.0 Å². The molecule has 2 atom stereocenters. The summed E-state index contributed by atoms with van der Waals surface area (Å²) in [6, 6.07) is 0.404. The Hall–Kier alpha value is -1.29. The summed E-state index contributed by atoms with van der Waals surface area (Å²) < 4.78 is 5.21. The summed E-state index contributed by atoms with van der Waals surface area (Å²) in [5.74, 6) is -0.287. The number of allylic oxidation sites excluding steroid dienone is 1. The molecule has 0 spiro atoms. The molecule has 0 radical (unpaired) electrons. The van der Waals surface area contributed by atoms with Crippen LogP contribution in [0.4, 0.5) is 0 Å². The van der Waals surface area contributed by atoms with Gasteiger partial charge in [-0.2, -0.15) is 0 Å². The molecule has 1 saturated heterocycles. The van der Waals surface area contributed by atoms with Crippen LogP contribution in [0.25, 0.3) is 0 Å². The van der Waals surface area contributed by atoms with Crippen molar-refractivity contribution in [2.75, 3.05) is 6.61 Å². The molecule has 2 rings (SSSR count). The summed E-state index contributed by atoms with van der Waals surface area (Å²) in [5, 5.41) is 9.82. The minimum atomic E-state index is -0.407. The summed E-state index contributed by atoms with van der Waals surface area (Å²) in [6.45, 7) is 3.81. The van der Waals surface area contributed by atoms with Gasteiger partial charge in [-0.1, -0.05) is 12.2 Å². The van der Waals surface area contributed by atoms with Crippen molar-refractivity contribution >= 4 is 5.97 Å². The quantitative estimate of drug-likeness (QED) is 0.598. The third kappa shape index (κ3) is 2.36. The van der Waals surface area contributed by atoms with Crippen LogP contribution >= 0.6 is 0 Å². The highest BCUT2D eigenvalue weighted by atomic mass is 16.5. The van der Waals surface area contributed by atoms with Crippen molar-refractivity contribution in [2.24, 2.45) is 0 Å². The van der Waals surface area contributed by atoms with E-state index in [4.69, 9.17) is 4.74 Å². The van der Waals surface area contributed by atoms with Crippen molar-refractivity contribution < 1.29 is 14.6 Å².